The first kappa shape index (κ1) is 17.4. The molecule has 0 aliphatic heterocycles. The molecule has 0 saturated heterocycles. The van der Waals surface area contributed by atoms with Crippen LogP contribution in [0.2, 0.25) is 15.1 Å². The molecule has 0 spiro atoms. The number of carbonyl (C=O) groups is 1. The number of fused-ring (bicyclic) bond motifs is 3. The molecule has 2 aromatic carbocycles. The summed E-state index contributed by atoms with van der Waals surface area (Å²) >= 11 is 18.4. The van der Waals surface area contributed by atoms with Gasteiger partial charge in [0.15, 0.2) is 5.69 Å². The van der Waals surface area contributed by atoms with E-state index in [1.807, 2.05) is 18.2 Å². The molecular weight excluding hydrogens is 395 g/mol. The Labute approximate surface area is 165 Å². The van der Waals surface area contributed by atoms with Crippen molar-refractivity contribution < 1.29 is 9.53 Å². The third kappa shape index (κ3) is 2.88. The first-order valence-corrected chi connectivity index (χ1v) is 9.15. The van der Waals surface area contributed by atoms with E-state index >= 15 is 0 Å². The number of ether oxygens (including phenoxy) is 1. The molecule has 0 fully saturated rings. The normalized spacial score (nSPS) is 12.0. The van der Waals surface area contributed by atoms with Crippen LogP contribution in [0.5, 0.6) is 0 Å². The zero-order chi connectivity index (χ0) is 18.4. The third-order valence-electron chi connectivity index (χ3n) is 4.23. The number of hydrogen-bond acceptors (Lipinski definition) is 3. The molecule has 4 rings (SSSR count). The summed E-state index contributed by atoms with van der Waals surface area (Å²) in [5.74, 6) is -0.450. The number of aromatic nitrogens is 2. The molecule has 0 bridgehead atoms. The van der Waals surface area contributed by atoms with Crippen LogP contribution in [0.4, 0.5) is 0 Å². The van der Waals surface area contributed by atoms with E-state index in [0.29, 0.717) is 32.9 Å². The summed E-state index contributed by atoms with van der Waals surface area (Å²) in [6.07, 6.45) is 0.563. The minimum Gasteiger partial charge on any atom is -0.461 e. The third-order valence-corrected chi connectivity index (χ3v) is 4.91. The summed E-state index contributed by atoms with van der Waals surface area (Å²) in [6.45, 7) is 2.04. The van der Waals surface area contributed by atoms with E-state index in [0.717, 1.165) is 22.4 Å². The number of halogens is 3. The minimum absolute atomic E-state index is 0.280. The largest absolute Gasteiger partial charge is 0.461 e. The van der Waals surface area contributed by atoms with Gasteiger partial charge in [-0.05, 0) is 42.8 Å². The molecular formula is C19H13Cl3N2O2. The molecule has 1 aromatic heterocycles. The van der Waals surface area contributed by atoms with Crippen molar-refractivity contribution in [1.29, 1.82) is 0 Å². The second-order valence-electron chi connectivity index (χ2n) is 5.91. The van der Waals surface area contributed by atoms with Gasteiger partial charge in [0.05, 0.1) is 18.0 Å². The van der Waals surface area contributed by atoms with E-state index in [9.17, 15) is 4.79 Å². The number of carbonyl (C=O) groups excluding carboxylic acids is 1. The van der Waals surface area contributed by atoms with Crippen molar-refractivity contribution in [2.24, 2.45) is 0 Å². The Balaban J connectivity index is 1.97. The standard InChI is InChI=1S/C19H13Cl3N2O2/c1-2-26-19(25)17-16-6-10-5-11(20)3-4-15(10)18(16)24(23-17)14-8-12(21)7-13(22)9-14/h3-5,7-9H,2,6H2,1H3. The molecule has 0 saturated carbocycles. The molecule has 3 aromatic rings. The van der Waals surface area contributed by atoms with Gasteiger partial charge >= 0.3 is 5.97 Å². The zero-order valence-electron chi connectivity index (χ0n) is 13.7. The van der Waals surface area contributed by atoms with Gasteiger partial charge < -0.3 is 4.74 Å². The summed E-state index contributed by atoms with van der Waals surface area (Å²) in [7, 11) is 0. The Morgan fingerprint density at radius 2 is 1.85 bits per heavy atom. The molecule has 26 heavy (non-hydrogen) atoms. The Morgan fingerprint density at radius 3 is 2.54 bits per heavy atom. The van der Waals surface area contributed by atoms with E-state index in [1.165, 1.54) is 0 Å². The fourth-order valence-electron chi connectivity index (χ4n) is 3.24. The highest BCUT2D eigenvalue weighted by Crippen LogP contribution is 2.41. The van der Waals surface area contributed by atoms with Gasteiger partial charge in [-0.15, -0.1) is 0 Å². The average molecular weight is 408 g/mol. The minimum atomic E-state index is -0.450. The van der Waals surface area contributed by atoms with Crippen molar-refractivity contribution in [2.75, 3.05) is 6.61 Å². The molecule has 4 nitrogen and oxygen atoms in total. The van der Waals surface area contributed by atoms with Crippen molar-refractivity contribution in [3.63, 3.8) is 0 Å². The average Bonchev–Trinajstić information content (AvgIpc) is 3.10. The smallest absolute Gasteiger partial charge is 0.359 e. The van der Waals surface area contributed by atoms with E-state index in [-0.39, 0.29) is 6.61 Å². The lowest BCUT2D eigenvalue weighted by atomic mass is 10.1. The van der Waals surface area contributed by atoms with Crippen LogP contribution >= 0.6 is 34.8 Å². The van der Waals surface area contributed by atoms with E-state index in [1.54, 1.807) is 29.8 Å². The van der Waals surface area contributed by atoms with Crippen LogP contribution in [0.3, 0.4) is 0 Å². The lowest BCUT2D eigenvalue weighted by molar-refractivity contribution is 0.0518. The Hall–Kier alpha value is -2.01. The molecule has 132 valence electrons. The van der Waals surface area contributed by atoms with Crippen molar-refractivity contribution in [3.05, 3.63) is 68.3 Å². The fourth-order valence-corrected chi connectivity index (χ4v) is 3.95. The topological polar surface area (TPSA) is 44.1 Å². The van der Waals surface area contributed by atoms with Crippen LogP contribution in [-0.4, -0.2) is 22.4 Å². The summed E-state index contributed by atoms with van der Waals surface area (Å²) in [4.78, 5) is 12.4. The molecule has 7 heteroatoms. The number of nitrogens with zero attached hydrogens (tertiary/aromatic N) is 2. The second kappa shape index (κ2) is 6.62. The summed E-state index contributed by atoms with van der Waals surface area (Å²) in [5, 5.41) is 6.15. The predicted molar refractivity (Wildman–Crippen MR) is 103 cm³/mol. The molecule has 1 aliphatic rings. The summed E-state index contributed by atoms with van der Waals surface area (Å²) in [5.41, 5.74) is 4.64. The Kier molecular flexibility index (Phi) is 4.43. The maximum Gasteiger partial charge on any atom is 0.359 e. The van der Waals surface area contributed by atoms with Crippen molar-refractivity contribution in [2.45, 2.75) is 13.3 Å². The Morgan fingerprint density at radius 1 is 1.12 bits per heavy atom. The molecule has 0 atom stereocenters. The summed E-state index contributed by atoms with van der Waals surface area (Å²) < 4.78 is 6.87. The fraction of sp³-hybridized carbons (Fsp3) is 0.158. The van der Waals surface area contributed by atoms with Gasteiger partial charge in [-0.1, -0.05) is 40.9 Å². The van der Waals surface area contributed by atoms with Gasteiger partial charge in [0.1, 0.15) is 0 Å². The Bertz CT molecular complexity index is 1020. The second-order valence-corrected chi connectivity index (χ2v) is 7.22. The number of hydrogen-bond donors (Lipinski definition) is 0. The van der Waals surface area contributed by atoms with Gasteiger partial charge in [0.25, 0.3) is 0 Å². The highest BCUT2D eigenvalue weighted by Gasteiger charge is 2.31. The van der Waals surface area contributed by atoms with E-state index in [4.69, 9.17) is 39.5 Å². The molecule has 0 unspecified atom stereocenters. The van der Waals surface area contributed by atoms with Crippen LogP contribution < -0.4 is 0 Å². The predicted octanol–water partition coefficient (Wildman–Crippen LogP) is 5.58. The van der Waals surface area contributed by atoms with Crippen molar-refractivity contribution in [1.82, 2.24) is 9.78 Å². The van der Waals surface area contributed by atoms with Gasteiger partial charge in [0.2, 0.25) is 0 Å². The molecule has 0 amide bonds. The van der Waals surface area contributed by atoms with Crippen LogP contribution in [0.1, 0.15) is 28.5 Å². The number of benzene rings is 2. The number of esters is 1. The maximum absolute atomic E-state index is 12.4. The first-order valence-electron chi connectivity index (χ1n) is 8.02. The van der Waals surface area contributed by atoms with E-state index < -0.39 is 5.97 Å². The van der Waals surface area contributed by atoms with Crippen molar-refractivity contribution >= 4 is 40.8 Å². The first-order chi connectivity index (χ1) is 12.5. The molecule has 0 N–H and O–H groups in total. The SMILES string of the molecule is CCOC(=O)c1nn(-c2cc(Cl)cc(Cl)c2)c2c1Cc1cc(Cl)ccc1-2. The highest BCUT2D eigenvalue weighted by atomic mass is 35.5. The molecule has 1 heterocycles. The lowest BCUT2D eigenvalue weighted by Crippen LogP contribution is -2.09. The van der Waals surface area contributed by atoms with Crippen LogP contribution in [0, 0.1) is 0 Å². The van der Waals surface area contributed by atoms with Gasteiger partial charge in [-0.3, -0.25) is 0 Å². The number of rotatable bonds is 3. The molecule has 1 aliphatic carbocycles. The van der Waals surface area contributed by atoms with Gasteiger partial charge in [-0.2, -0.15) is 5.10 Å². The van der Waals surface area contributed by atoms with E-state index in [2.05, 4.69) is 5.10 Å². The quantitative estimate of drug-likeness (QED) is 0.416. The van der Waals surface area contributed by atoms with Gasteiger partial charge in [-0.25, -0.2) is 9.48 Å². The summed E-state index contributed by atoms with van der Waals surface area (Å²) in [6, 6.07) is 10.8. The lowest BCUT2D eigenvalue weighted by Gasteiger charge is -2.09. The van der Waals surface area contributed by atoms with Crippen molar-refractivity contribution in [3.8, 4) is 16.9 Å². The van der Waals surface area contributed by atoms with Crippen LogP contribution in [0.25, 0.3) is 16.9 Å². The maximum atomic E-state index is 12.4. The zero-order valence-corrected chi connectivity index (χ0v) is 16.0. The molecule has 0 radical (unpaired) electrons. The highest BCUT2D eigenvalue weighted by molar-refractivity contribution is 6.34. The van der Waals surface area contributed by atoms with Gasteiger partial charge in [0, 0.05) is 32.6 Å². The van der Waals surface area contributed by atoms with Crippen LogP contribution in [-0.2, 0) is 11.2 Å². The monoisotopic (exact) mass is 406 g/mol. The van der Waals surface area contributed by atoms with Crippen LogP contribution in [0.15, 0.2) is 36.4 Å².